The number of aliphatic hydroxyl groups excluding tert-OH is 3. The van der Waals surface area contributed by atoms with E-state index in [1.807, 2.05) is 13.0 Å². The molecule has 1 amide bonds. The quantitative estimate of drug-likeness (QED) is 0.298. The van der Waals surface area contributed by atoms with E-state index in [2.05, 4.69) is 26.1 Å². The first-order chi connectivity index (χ1) is 21.2. The summed E-state index contributed by atoms with van der Waals surface area (Å²) in [6.07, 6.45) is 5.89. The molecule has 4 saturated carbocycles. The van der Waals surface area contributed by atoms with Gasteiger partial charge in [0.25, 0.3) is 0 Å². The molecule has 0 radical (unpaired) electrons. The van der Waals surface area contributed by atoms with Crippen molar-refractivity contribution in [2.75, 3.05) is 5.32 Å². The van der Waals surface area contributed by atoms with Gasteiger partial charge in [0, 0.05) is 35.5 Å². The van der Waals surface area contributed by atoms with E-state index in [0.717, 1.165) is 49.5 Å². The predicted molar refractivity (Wildman–Crippen MR) is 173 cm³/mol. The molecule has 8 nitrogen and oxygen atoms in total. The van der Waals surface area contributed by atoms with Gasteiger partial charge in [-0.2, -0.15) is 0 Å². The summed E-state index contributed by atoms with van der Waals surface area (Å²) < 4.78 is 5.51. The van der Waals surface area contributed by atoms with Gasteiger partial charge in [-0.3, -0.25) is 9.59 Å². The van der Waals surface area contributed by atoms with E-state index in [0.29, 0.717) is 42.0 Å². The van der Waals surface area contributed by atoms with Crippen LogP contribution in [0.2, 0.25) is 0 Å². The maximum atomic E-state index is 13.1. The lowest BCUT2D eigenvalue weighted by Gasteiger charge is -2.63. The van der Waals surface area contributed by atoms with E-state index in [-0.39, 0.29) is 64.6 Å². The number of rotatable bonds is 7. The Hall–Kier alpha value is -2.55. The Morgan fingerprint density at radius 2 is 1.82 bits per heavy atom. The second kappa shape index (κ2) is 11.9. The van der Waals surface area contributed by atoms with Crippen molar-refractivity contribution in [1.29, 1.82) is 0 Å². The number of fused-ring (bicyclic) bond motifs is 6. The van der Waals surface area contributed by atoms with Crippen LogP contribution in [0.3, 0.4) is 0 Å². The zero-order valence-electron chi connectivity index (χ0n) is 27.5. The van der Waals surface area contributed by atoms with Crippen LogP contribution in [-0.2, 0) is 16.0 Å². The third-order valence-electron chi connectivity index (χ3n) is 13.3. The van der Waals surface area contributed by atoms with Gasteiger partial charge in [-0.25, -0.2) is 4.79 Å². The van der Waals surface area contributed by atoms with Crippen molar-refractivity contribution in [3.63, 3.8) is 0 Å². The number of hydrogen-bond donors (Lipinski definition) is 4. The fourth-order valence-corrected chi connectivity index (χ4v) is 10.8. The molecule has 0 bridgehead atoms. The number of aryl methyl sites for hydroxylation is 1. The van der Waals surface area contributed by atoms with Gasteiger partial charge in [0.2, 0.25) is 5.91 Å². The van der Waals surface area contributed by atoms with E-state index in [1.54, 1.807) is 12.1 Å². The fourth-order valence-electron chi connectivity index (χ4n) is 10.8. The first kappa shape index (κ1) is 32.4. The highest BCUT2D eigenvalue weighted by molar-refractivity contribution is 5.94. The number of Topliss-reactive ketones (excluding diaryl/α,β-unsaturated/α-hetero) is 1. The summed E-state index contributed by atoms with van der Waals surface area (Å²) in [6.45, 7) is 10.0. The second-order valence-corrected chi connectivity index (χ2v) is 15.7. The largest absolute Gasteiger partial charge is 0.422 e. The van der Waals surface area contributed by atoms with E-state index >= 15 is 0 Å². The highest BCUT2D eigenvalue weighted by atomic mass is 16.4. The molecular formula is C37H51NO7. The lowest BCUT2D eigenvalue weighted by molar-refractivity contribution is -0.207. The molecule has 4 aliphatic carbocycles. The van der Waals surface area contributed by atoms with Crippen LogP contribution in [-0.4, -0.2) is 45.3 Å². The van der Waals surface area contributed by atoms with E-state index in [4.69, 9.17) is 4.42 Å². The molecule has 1 aromatic carbocycles. The maximum Gasteiger partial charge on any atom is 0.340 e. The molecule has 0 aliphatic heterocycles. The number of benzene rings is 1. The summed E-state index contributed by atoms with van der Waals surface area (Å²) in [6, 6.07) is 5.26. The monoisotopic (exact) mass is 621 g/mol. The molecule has 11 unspecified atom stereocenters. The molecule has 0 spiro atoms. The molecule has 1 heterocycles. The number of aliphatic hydroxyl groups is 3. The third kappa shape index (κ3) is 5.48. The van der Waals surface area contributed by atoms with Gasteiger partial charge in [-0.05, 0) is 129 Å². The minimum Gasteiger partial charge on any atom is -0.422 e. The fraction of sp³-hybridized carbons (Fsp3) is 0.703. The van der Waals surface area contributed by atoms with Crippen LogP contribution < -0.4 is 10.9 Å². The molecule has 8 heteroatoms. The standard InChI is InChI=1S/C37H51NO7/c1-19(6-11-33(43)38-23-7-8-25-21(3)26(14-20(2)39)35(44)45-31(25)17-23)27-9-10-28-34-29(18-32(42)37(27,28)5)36(4)13-12-24(40)15-22(36)16-30(34)41/h7-8,17,19,22,24,27-30,32,34,40-42H,6,9-16,18H2,1-5H3,(H,38,43). The Kier molecular flexibility index (Phi) is 8.58. The first-order valence-electron chi connectivity index (χ1n) is 17.1. The van der Waals surface area contributed by atoms with E-state index < -0.39 is 17.8 Å². The summed E-state index contributed by atoms with van der Waals surface area (Å²) in [7, 11) is 0. The number of carbonyl (C=O) groups excluding carboxylic acids is 2. The van der Waals surface area contributed by atoms with Crippen molar-refractivity contribution in [1.82, 2.24) is 0 Å². The molecule has 2 aromatic rings. The smallest absolute Gasteiger partial charge is 0.340 e. The molecule has 4 N–H and O–H groups in total. The number of anilines is 1. The number of carbonyl (C=O) groups is 2. The molecule has 4 aliphatic rings. The van der Waals surface area contributed by atoms with Crippen LogP contribution in [0.25, 0.3) is 11.0 Å². The number of nitrogens with one attached hydrogen (secondary N) is 1. The van der Waals surface area contributed by atoms with Gasteiger partial charge in [-0.15, -0.1) is 0 Å². The van der Waals surface area contributed by atoms with Crippen LogP contribution in [0.5, 0.6) is 0 Å². The average molecular weight is 622 g/mol. The second-order valence-electron chi connectivity index (χ2n) is 15.7. The topological polar surface area (TPSA) is 137 Å². The third-order valence-corrected chi connectivity index (χ3v) is 13.3. The van der Waals surface area contributed by atoms with E-state index in [1.165, 1.54) is 6.92 Å². The Morgan fingerprint density at radius 3 is 2.56 bits per heavy atom. The van der Waals surface area contributed by atoms with Gasteiger partial charge in [-0.1, -0.05) is 20.8 Å². The summed E-state index contributed by atoms with van der Waals surface area (Å²) in [4.78, 5) is 37.2. The molecule has 246 valence electrons. The number of ketones is 1. The Morgan fingerprint density at radius 1 is 1.07 bits per heavy atom. The van der Waals surface area contributed by atoms with Crippen molar-refractivity contribution in [3.05, 3.63) is 39.7 Å². The van der Waals surface area contributed by atoms with Crippen LogP contribution in [0, 0.1) is 53.3 Å². The minimum absolute atomic E-state index is 0.0330. The van der Waals surface area contributed by atoms with Crippen molar-refractivity contribution in [2.24, 2.45) is 46.3 Å². The van der Waals surface area contributed by atoms with Crippen LogP contribution >= 0.6 is 0 Å². The molecule has 4 fully saturated rings. The Labute approximate surface area is 266 Å². The van der Waals surface area contributed by atoms with Crippen molar-refractivity contribution in [3.8, 4) is 0 Å². The van der Waals surface area contributed by atoms with Gasteiger partial charge in [0.1, 0.15) is 11.4 Å². The van der Waals surface area contributed by atoms with Gasteiger partial charge in [0.15, 0.2) is 0 Å². The summed E-state index contributed by atoms with van der Waals surface area (Å²) in [5, 5.41) is 37.4. The zero-order chi connectivity index (χ0) is 32.4. The molecular weight excluding hydrogens is 570 g/mol. The normalized spacial score (nSPS) is 38.2. The van der Waals surface area contributed by atoms with Crippen LogP contribution in [0.15, 0.2) is 27.4 Å². The lowest BCUT2D eigenvalue weighted by Crippen LogP contribution is -2.62. The SMILES string of the molecule is CC(=O)Cc1c(C)c2ccc(NC(=O)CCC(C)C3CCC4C5C(O)CC6CC(O)CCC6(C)C5CC(O)C34C)cc2oc1=O. The summed E-state index contributed by atoms with van der Waals surface area (Å²) in [5.74, 6) is 1.26. The summed E-state index contributed by atoms with van der Waals surface area (Å²) in [5.41, 5.74) is 1.23. The molecule has 11 atom stereocenters. The highest BCUT2D eigenvalue weighted by Gasteiger charge is 2.65. The van der Waals surface area contributed by atoms with Gasteiger partial charge >= 0.3 is 5.63 Å². The predicted octanol–water partition coefficient (Wildman–Crippen LogP) is 5.55. The van der Waals surface area contributed by atoms with Crippen molar-refractivity contribution < 1.29 is 29.3 Å². The molecule has 1 aromatic heterocycles. The zero-order valence-corrected chi connectivity index (χ0v) is 27.5. The lowest BCUT2D eigenvalue weighted by atomic mass is 9.43. The first-order valence-corrected chi connectivity index (χ1v) is 17.1. The van der Waals surface area contributed by atoms with Gasteiger partial charge in [0.05, 0.1) is 18.3 Å². The minimum atomic E-state index is -0.528. The molecule has 6 rings (SSSR count). The number of hydrogen-bond acceptors (Lipinski definition) is 7. The average Bonchev–Trinajstić information content (AvgIpc) is 3.33. The number of amides is 1. The summed E-state index contributed by atoms with van der Waals surface area (Å²) >= 11 is 0. The Bertz CT molecular complexity index is 1530. The maximum absolute atomic E-state index is 13.1. The molecule has 0 saturated heterocycles. The van der Waals surface area contributed by atoms with Crippen LogP contribution in [0.4, 0.5) is 5.69 Å². The Balaban J connectivity index is 1.12. The van der Waals surface area contributed by atoms with E-state index in [9.17, 15) is 29.7 Å². The van der Waals surface area contributed by atoms with Crippen molar-refractivity contribution in [2.45, 2.75) is 117 Å². The van der Waals surface area contributed by atoms with Crippen LogP contribution in [0.1, 0.15) is 96.6 Å². The van der Waals surface area contributed by atoms with Gasteiger partial charge < -0.3 is 25.1 Å². The molecule has 45 heavy (non-hydrogen) atoms. The van der Waals surface area contributed by atoms with Crippen molar-refractivity contribution >= 4 is 28.3 Å². The highest BCUT2D eigenvalue weighted by Crippen LogP contribution is 2.68.